The number of amides is 2. The maximum atomic E-state index is 12.4. The van der Waals surface area contributed by atoms with Gasteiger partial charge in [-0.05, 0) is 42.0 Å². The van der Waals surface area contributed by atoms with E-state index in [0.717, 1.165) is 53.4 Å². The number of ether oxygens (including phenoxy) is 2. The van der Waals surface area contributed by atoms with Crippen LogP contribution in [-0.4, -0.2) is 48.4 Å². The summed E-state index contributed by atoms with van der Waals surface area (Å²) in [6.07, 6.45) is 3.76. The van der Waals surface area contributed by atoms with Gasteiger partial charge in [0, 0.05) is 30.6 Å². The van der Waals surface area contributed by atoms with Gasteiger partial charge in [-0.1, -0.05) is 67.1 Å². The predicted octanol–water partition coefficient (Wildman–Crippen LogP) is 4.80. The van der Waals surface area contributed by atoms with Gasteiger partial charge in [-0.15, -0.1) is 0 Å². The first-order valence-corrected chi connectivity index (χ1v) is 12.4. The number of hydrogen-bond acceptors (Lipinski definition) is 7. The summed E-state index contributed by atoms with van der Waals surface area (Å²) in [5, 5.41) is 18.5. The molecule has 0 atom stereocenters. The Morgan fingerprint density at radius 1 is 0.921 bits per heavy atom. The van der Waals surface area contributed by atoms with Crippen molar-refractivity contribution >= 4 is 34.4 Å². The molecule has 0 aliphatic rings. The minimum Gasteiger partial charge on any atom is -0.466 e. The minimum atomic E-state index is -0.663. The fourth-order valence-corrected chi connectivity index (χ4v) is 3.78. The fourth-order valence-electron chi connectivity index (χ4n) is 3.78. The Kier molecular flexibility index (Phi) is 11.3. The normalized spacial score (nSPS) is 10.9. The van der Waals surface area contributed by atoms with Gasteiger partial charge >= 0.3 is 12.1 Å². The first-order valence-electron chi connectivity index (χ1n) is 12.4. The largest absolute Gasteiger partial charge is 0.466 e. The summed E-state index contributed by atoms with van der Waals surface area (Å²) in [7, 11) is 1.21. The van der Waals surface area contributed by atoms with Crippen LogP contribution in [0.3, 0.4) is 0 Å². The van der Waals surface area contributed by atoms with Gasteiger partial charge in [0.2, 0.25) is 0 Å². The number of nitrogens with zero attached hydrogens (tertiary/aromatic N) is 1. The number of methoxy groups -OCH3 is 1. The zero-order valence-electron chi connectivity index (χ0n) is 21.4. The Bertz CT molecular complexity index is 1250. The number of rotatable bonds is 13. The van der Waals surface area contributed by atoms with E-state index in [0.29, 0.717) is 23.7 Å². The minimum absolute atomic E-state index is 0.162. The zero-order valence-corrected chi connectivity index (χ0v) is 21.4. The van der Waals surface area contributed by atoms with Crippen LogP contribution in [0.4, 0.5) is 10.5 Å². The number of benzene rings is 3. The lowest BCUT2D eigenvalue weighted by Gasteiger charge is -2.12. The number of carbonyl (C=O) groups is 3. The van der Waals surface area contributed by atoms with Crippen LogP contribution < -0.4 is 10.6 Å². The standard InChI is InChI=1S/C29H33N3O6/c1-37-28(34)16-15-27(33)32(36)18-6-2-5-17-30-20-22-9-7-10-23(19-22)21-38-29(35)31-26-14-8-12-24-11-3-4-13-25(24)26/h3-4,7-16,19,30,36H,2,5-6,17-18,20-21H2,1H3,(H,31,35). The number of hydroxylamine groups is 2. The third kappa shape index (κ3) is 9.34. The molecule has 3 N–H and O–H groups in total. The molecule has 9 nitrogen and oxygen atoms in total. The molecule has 0 unspecified atom stereocenters. The smallest absolute Gasteiger partial charge is 0.411 e. The van der Waals surface area contributed by atoms with Gasteiger partial charge in [0.05, 0.1) is 12.8 Å². The van der Waals surface area contributed by atoms with Gasteiger partial charge in [0.1, 0.15) is 6.61 Å². The third-order valence-electron chi connectivity index (χ3n) is 5.76. The molecule has 0 saturated heterocycles. The van der Waals surface area contributed by atoms with Crippen molar-refractivity contribution in [3.8, 4) is 0 Å². The third-order valence-corrected chi connectivity index (χ3v) is 5.76. The van der Waals surface area contributed by atoms with Crippen LogP contribution in [0.5, 0.6) is 0 Å². The maximum absolute atomic E-state index is 12.4. The summed E-state index contributed by atoms with van der Waals surface area (Å²) in [6, 6.07) is 21.4. The van der Waals surface area contributed by atoms with E-state index in [4.69, 9.17) is 4.74 Å². The van der Waals surface area contributed by atoms with Crippen molar-refractivity contribution in [2.24, 2.45) is 0 Å². The van der Waals surface area contributed by atoms with Gasteiger partial charge in [-0.25, -0.2) is 14.7 Å². The Hall–Kier alpha value is -4.21. The highest BCUT2D eigenvalue weighted by atomic mass is 16.5. The van der Waals surface area contributed by atoms with Gasteiger partial charge in [-0.3, -0.25) is 15.3 Å². The lowest BCUT2D eigenvalue weighted by molar-refractivity contribution is -0.159. The average molecular weight is 520 g/mol. The van der Waals surface area contributed by atoms with Crippen molar-refractivity contribution in [2.75, 3.05) is 25.5 Å². The topological polar surface area (TPSA) is 117 Å². The number of hydrogen-bond donors (Lipinski definition) is 3. The highest BCUT2D eigenvalue weighted by Crippen LogP contribution is 2.23. The SMILES string of the molecule is COC(=O)C=CC(=O)N(O)CCCCCNCc1cccc(COC(=O)Nc2cccc3ccccc23)c1. The van der Waals surface area contributed by atoms with Crippen molar-refractivity contribution in [1.82, 2.24) is 10.4 Å². The number of carbonyl (C=O) groups excluding carboxylic acids is 3. The second kappa shape index (κ2) is 15.1. The van der Waals surface area contributed by atoms with E-state index in [2.05, 4.69) is 15.4 Å². The van der Waals surface area contributed by atoms with E-state index in [1.54, 1.807) is 0 Å². The lowest BCUT2D eigenvalue weighted by atomic mass is 10.1. The summed E-state index contributed by atoms with van der Waals surface area (Å²) >= 11 is 0. The van der Waals surface area contributed by atoms with Crippen LogP contribution in [0.2, 0.25) is 0 Å². The molecule has 0 bridgehead atoms. The second-order valence-corrected chi connectivity index (χ2v) is 8.60. The van der Waals surface area contributed by atoms with Crippen LogP contribution in [0.15, 0.2) is 78.9 Å². The van der Waals surface area contributed by atoms with E-state index < -0.39 is 18.0 Å². The quantitative estimate of drug-likeness (QED) is 0.0977. The molecule has 9 heteroatoms. The molecule has 3 rings (SSSR count). The van der Waals surface area contributed by atoms with Crippen LogP contribution in [0, 0.1) is 0 Å². The van der Waals surface area contributed by atoms with E-state index in [1.807, 2.05) is 66.7 Å². The number of unbranched alkanes of at least 4 members (excludes halogenated alkanes) is 2. The lowest BCUT2D eigenvalue weighted by Crippen LogP contribution is -2.27. The van der Waals surface area contributed by atoms with Gasteiger partial charge in [-0.2, -0.15) is 0 Å². The Morgan fingerprint density at radius 3 is 2.53 bits per heavy atom. The highest BCUT2D eigenvalue weighted by molar-refractivity contribution is 6.00. The van der Waals surface area contributed by atoms with Crippen LogP contribution in [0.25, 0.3) is 10.8 Å². The summed E-state index contributed by atoms with van der Waals surface area (Å²) < 4.78 is 9.83. The van der Waals surface area contributed by atoms with E-state index in [9.17, 15) is 19.6 Å². The van der Waals surface area contributed by atoms with Gasteiger partial charge in [0.15, 0.2) is 0 Å². The Morgan fingerprint density at radius 2 is 1.68 bits per heavy atom. The van der Waals surface area contributed by atoms with Gasteiger partial charge < -0.3 is 14.8 Å². The molecule has 0 aliphatic carbocycles. The molecular weight excluding hydrogens is 486 g/mol. The first-order chi connectivity index (χ1) is 18.5. The highest BCUT2D eigenvalue weighted by Gasteiger charge is 2.08. The number of nitrogens with one attached hydrogen (secondary N) is 2. The molecule has 0 aliphatic heterocycles. The Labute approximate surface area is 222 Å². The van der Waals surface area contributed by atoms with E-state index in [1.165, 1.54) is 7.11 Å². The molecule has 38 heavy (non-hydrogen) atoms. The van der Waals surface area contributed by atoms with Crippen molar-refractivity contribution in [2.45, 2.75) is 32.4 Å². The molecule has 2 amide bonds. The first kappa shape index (κ1) is 28.4. The predicted molar refractivity (Wildman–Crippen MR) is 144 cm³/mol. The molecule has 0 spiro atoms. The molecule has 0 radical (unpaired) electrons. The van der Waals surface area contributed by atoms with Crippen molar-refractivity contribution in [1.29, 1.82) is 0 Å². The summed E-state index contributed by atoms with van der Waals surface area (Å²) in [5.74, 6) is -1.32. The molecule has 0 fully saturated rings. The monoisotopic (exact) mass is 519 g/mol. The van der Waals surface area contributed by atoms with Crippen LogP contribution in [-0.2, 0) is 32.2 Å². The van der Waals surface area contributed by atoms with Crippen molar-refractivity contribution in [3.63, 3.8) is 0 Å². The van der Waals surface area contributed by atoms with Crippen LogP contribution in [0.1, 0.15) is 30.4 Å². The number of anilines is 1. The van der Waals surface area contributed by atoms with Gasteiger partial charge in [0.25, 0.3) is 5.91 Å². The molecule has 3 aromatic rings. The molecule has 0 saturated carbocycles. The Balaban J connectivity index is 1.32. The second-order valence-electron chi connectivity index (χ2n) is 8.60. The van der Waals surface area contributed by atoms with E-state index in [-0.39, 0.29) is 13.2 Å². The van der Waals surface area contributed by atoms with E-state index >= 15 is 0 Å². The molecule has 3 aromatic carbocycles. The molecule has 0 aromatic heterocycles. The van der Waals surface area contributed by atoms with Crippen molar-refractivity contribution in [3.05, 3.63) is 90.0 Å². The molecule has 200 valence electrons. The maximum Gasteiger partial charge on any atom is 0.411 e. The fraction of sp³-hybridized carbons (Fsp3) is 0.276. The summed E-state index contributed by atoms with van der Waals surface area (Å²) in [4.78, 5) is 35.0. The zero-order chi connectivity index (χ0) is 27.2. The summed E-state index contributed by atoms with van der Waals surface area (Å²) in [6.45, 7) is 1.78. The molecular formula is C29H33N3O6. The summed E-state index contributed by atoms with van der Waals surface area (Å²) in [5.41, 5.74) is 2.68. The van der Waals surface area contributed by atoms with Crippen molar-refractivity contribution < 1.29 is 29.1 Å². The number of fused-ring (bicyclic) bond motifs is 1. The average Bonchev–Trinajstić information content (AvgIpc) is 2.94. The number of esters is 1. The molecule has 0 heterocycles. The van der Waals surface area contributed by atoms with Crippen LogP contribution >= 0.6 is 0 Å².